The Labute approximate surface area is 104 Å². The quantitative estimate of drug-likeness (QED) is 0.754. The van der Waals surface area contributed by atoms with Crippen LogP contribution in [0.2, 0.25) is 0 Å². The number of nitrogens with zero attached hydrogens (tertiary/aromatic N) is 1. The van der Waals surface area contributed by atoms with Crippen molar-refractivity contribution >= 4 is 27.3 Å². The first kappa shape index (κ1) is 11.6. The van der Waals surface area contributed by atoms with Gasteiger partial charge >= 0.3 is 0 Å². The van der Waals surface area contributed by atoms with Crippen LogP contribution in [0.15, 0.2) is 6.20 Å². The molecule has 0 amide bonds. The molecular weight excluding hydrogens is 270 g/mol. The van der Waals surface area contributed by atoms with Crippen LogP contribution in [0.1, 0.15) is 42.0 Å². The minimum Gasteiger partial charge on any atom is -0.250 e. The van der Waals surface area contributed by atoms with Crippen LogP contribution in [0.4, 0.5) is 0 Å². The molecule has 1 aliphatic rings. The third kappa shape index (κ3) is 2.82. The number of rotatable bonds is 3. The van der Waals surface area contributed by atoms with Crippen molar-refractivity contribution in [2.75, 3.05) is 5.33 Å². The highest BCUT2D eigenvalue weighted by atomic mass is 79.9. The van der Waals surface area contributed by atoms with E-state index in [9.17, 15) is 0 Å². The highest BCUT2D eigenvalue weighted by molar-refractivity contribution is 9.09. The zero-order valence-corrected chi connectivity index (χ0v) is 11.7. The van der Waals surface area contributed by atoms with Crippen molar-refractivity contribution in [3.05, 3.63) is 16.1 Å². The average Bonchev–Trinajstić information content (AvgIpc) is 2.65. The molecule has 1 aromatic rings. The molecule has 1 saturated carbocycles. The first-order valence-corrected chi connectivity index (χ1v) is 7.65. The van der Waals surface area contributed by atoms with Gasteiger partial charge in [0.05, 0.1) is 5.01 Å². The lowest BCUT2D eigenvalue weighted by molar-refractivity contribution is 0.225. The summed E-state index contributed by atoms with van der Waals surface area (Å²) in [6.07, 6.45) is 10.3. The Morgan fingerprint density at radius 2 is 2.13 bits per heavy atom. The second kappa shape index (κ2) is 4.96. The molecule has 0 unspecified atom stereocenters. The topological polar surface area (TPSA) is 12.9 Å². The summed E-state index contributed by atoms with van der Waals surface area (Å²) >= 11 is 5.58. The summed E-state index contributed by atoms with van der Waals surface area (Å²) in [6.45, 7) is 2.09. The lowest BCUT2D eigenvalue weighted by Crippen LogP contribution is -2.28. The number of aromatic nitrogens is 1. The van der Waals surface area contributed by atoms with Gasteiger partial charge in [-0.05, 0) is 31.6 Å². The normalized spacial score (nSPS) is 20.4. The molecule has 0 saturated heterocycles. The van der Waals surface area contributed by atoms with Gasteiger partial charge in [-0.2, -0.15) is 0 Å². The zero-order valence-electron chi connectivity index (χ0n) is 9.26. The van der Waals surface area contributed by atoms with Crippen LogP contribution in [0, 0.1) is 12.3 Å². The van der Waals surface area contributed by atoms with Crippen LogP contribution in [0.25, 0.3) is 0 Å². The maximum Gasteiger partial charge on any atom is 0.0896 e. The minimum absolute atomic E-state index is 0.525. The number of hydrogen-bond donors (Lipinski definition) is 0. The van der Waals surface area contributed by atoms with Gasteiger partial charge in [-0.1, -0.05) is 35.2 Å². The SMILES string of the molecule is Cc1ncc(CC2(CBr)CCCCC2)s1. The van der Waals surface area contributed by atoms with Crippen LogP contribution in [0.3, 0.4) is 0 Å². The first-order valence-electron chi connectivity index (χ1n) is 5.71. The molecule has 1 nitrogen and oxygen atoms in total. The van der Waals surface area contributed by atoms with Crippen LogP contribution < -0.4 is 0 Å². The van der Waals surface area contributed by atoms with Crippen molar-refractivity contribution in [3.63, 3.8) is 0 Å². The highest BCUT2D eigenvalue weighted by Crippen LogP contribution is 2.41. The van der Waals surface area contributed by atoms with Crippen molar-refractivity contribution in [3.8, 4) is 0 Å². The summed E-state index contributed by atoms with van der Waals surface area (Å²) in [4.78, 5) is 5.82. The van der Waals surface area contributed by atoms with E-state index in [1.54, 1.807) is 0 Å². The summed E-state index contributed by atoms with van der Waals surface area (Å²) in [5.74, 6) is 0. The molecular formula is C12H18BrNS. The van der Waals surface area contributed by atoms with Gasteiger partial charge in [0.2, 0.25) is 0 Å². The molecule has 0 radical (unpaired) electrons. The van der Waals surface area contributed by atoms with Gasteiger partial charge in [-0.15, -0.1) is 11.3 Å². The summed E-state index contributed by atoms with van der Waals surface area (Å²) in [5.41, 5.74) is 0.525. The smallest absolute Gasteiger partial charge is 0.0896 e. The molecule has 0 bridgehead atoms. The molecule has 3 heteroatoms. The number of thiazole rings is 1. The molecule has 0 aliphatic heterocycles. The fourth-order valence-electron chi connectivity index (χ4n) is 2.52. The second-order valence-electron chi connectivity index (χ2n) is 4.72. The van der Waals surface area contributed by atoms with Crippen molar-refractivity contribution in [2.24, 2.45) is 5.41 Å². The second-order valence-corrected chi connectivity index (χ2v) is 6.60. The van der Waals surface area contributed by atoms with E-state index in [1.807, 2.05) is 11.3 Å². The largest absolute Gasteiger partial charge is 0.250 e. The molecule has 1 aliphatic carbocycles. The Morgan fingerprint density at radius 1 is 1.40 bits per heavy atom. The predicted octanol–water partition coefficient (Wildman–Crippen LogP) is 4.34. The molecule has 0 spiro atoms. The Bertz CT molecular complexity index is 315. The summed E-state index contributed by atoms with van der Waals surface area (Å²) in [7, 11) is 0. The van der Waals surface area contributed by atoms with Gasteiger partial charge in [0.15, 0.2) is 0 Å². The Kier molecular flexibility index (Phi) is 3.83. The van der Waals surface area contributed by atoms with E-state index in [4.69, 9.17) is 0 Å². The van der Waals surface area contributed by atoms with Crippen LogP contribution in [0.5, 0.6) is 0 Å². The maximum absolute atomic E-state index is 4.35. The molecule has 1 aromatic heterocycles. The third-order valence-electron chi connectivity index (χ3n) is 3.42. The number of halogens is 1. The van der Waals surface area contributed by atoms with E-state index in [0.29, 0.717) is 5.41 Å². The monoisotopic (exact) mass is 287 g/mol. The lowest BCUT2D eigenvalue weighted by Gasteiger charge is -2.35. The standard InChI is InChI=1S/C12H18BrNS/c1-10-14-8-11(15-10)7-12(9-13)5-3-2-4-6-12/h8H,2-7,9H2,1H3. The third-order valence-corrected chi connectivity index (χ3v) is 5.52. The average molecular weight is 288 g/mol. The molecule has 0 aromatic carbocycles. The Hall–Kier alpha value is 0.110. The van der Waals surface area contributed by atoms with E-state index in [-0.39, 0.29) is 0 Å². The van der Waals surface area contributed by atoms with Crippen molar-refractivity contribution in [1.82, 2.24) is 4.98 Å². The van der Waals surface area contributed by atoms with Crippen LogP contribution in [-0.2, 0) is 6.42 Å². The van der Waals surface area contributed by atoms with Gasteiger partial charge in [0.1, 0.15) is 0 Å². The molecule has 1 fully saturated rings. The minimum atomic E-state index is 0.525. The predicted molar refractivity (Wildman–Crippen MR) is 69.9 cm³/mol. The fourth-order valence-corrected chi connectivity index (χ4v) is 4.24. The lowest BCUT2D eigenvalue weighted by atomic mass is 9.73. The van der Waals surface area contributed by atoms with Crippen LogP contribution in [-0.4, -0.2) is 10.3 Å². The van der Waals surface area contributed by atoms with E-state index in [2.05, 4.69) is 34.0 Å². The Balaban J connectivity index is 2.06. The van der Waals surface area contributed by atoms with Gasteiger partial charge < -0.3 is 0 Å². The molecule has 0 N–H and O–H groups in total. The van der Waals surface area contributed by atoms with Gasteiger partial charge in [-0.3, -0.25) is 0 Å². The van der Waals surface area contributed by atoms with Crippen LogP contribution >= 0.6 is 27.3 Å². The van der Waals surface area contributed by atoms with Crippen molar-refractivity contribution in [1.29, 1.82) is 0 Å². The summed E-state index contributed by atoms with van der Waals surface area (Å²) in [6, 6.07) is 0. The van der Waals surface area contributed by atoms with Gasteiger partial charge in [0.25, 0.3) is 0 Å². The molecule has 0 atom stereocenters. The molecule has 2 rings (SSSR count). The molecule has 15 heavy (non-hydrogen) atoms. The molecule has 84 valence electrons. The van der Waals surface area contributed by atoms with Gasteiger partial charge in [0, 0.05) is 16.4 Å². The molecule has 1 heterocycles. The van der Waals surface area contributed by atoms with Crippen molar-refractivity contribution in [2.45, 2.75) is 45.4 Å². The summed E-state index contributed by atoms with van der Waals surface area (Å²) in [5, 5.41) is 2.35. The van der Waals surface area contributed by atoms with E-state index in [0.717, 1.165) is 5.33 Å². The van der Waals surface area contributed by atoms with E-state index < -0.39 is 0 Å². The number of aryl methyl sites for hydroxylation is 1. The maximum atomic E-state index is 4.35. The van der Waals surface area contributed by atoms with E-state index in [1.165, 1.54) is 48.4 Å². The van der Waals surface area contributed by atoms with Gasteiger partial charge in [-0.25, -0.2) is 4.98 Å². The van der Waals surface area contributed by atoms with Crippen molar-refractivity contribution < 1.29 is 0 Å². The highest BCUT2D eigenvalue weighted by Gasteiger charge is 2.31. The van der Waals surface area contributed by atoms with E-state index >= 15 is 0 Å². The summed E-state index contributed by atoms with van der Waals surface area (Å²) < 4.78 is 0. The first-order chi connectivity index (χ1) is 7.24. The number of alkyl halides is 1. The Morgan fingerprint density at radius 3 is 2.67 bits per heavy atom. The zero-order chi connectivity index (χ0) is 10.7. The number of hydrogen-bond acceptors (Lipinski definition) is 2. The fraction of sp³-hybridized carbons (Fsp3) is 0.750.